The molecule has 0 amide bonds. The van der Waals surface area contributed by atoms with Crippen LogP contribution in [0.5, 0.6) is 0 Å². The van der Waals surface area contributed by atoms with E-state index in [4.69, 9.17) is 39.2 Å². The fourth-order valence-electron chi connectivity index (χ4n) is 2.79. The standard InChI is InChI=1S/C12H22B2NO7P/c1-18-5-9-7(3-11(13)21-9)15-23(16,17)20-6-10-8(19-2)4-12(14)22-10/h7-12H,3-6H2,1-2H3,(H2,15,16,17)/p-1/t7-,8-,9-,10-,11-,12-/m1/s1. The highest BCUT2D eigenvalue weighted by Crippen LogP contribution is 2.37. The first kappa shape index (κ1) is 19.4. The van der Waals surface area contributed by atoms with Crippen molar-refractivity contribution in [1.29, 1.82) is 0 Å². The molecule has 23 heavy (non-hydrogen) atoms. The van der Waals surface area contributed by atoms with Crippen molar-refractivity contribution in [1.82, 2.24) is 5.09 Å². The second kappa shape index (κ2) is 8.45. The molecule has 1 unspecified atom stereocenters. The molecule has 1 N–H and O–H groups in total. The normalized spacial score (nSPS) is 40.3. The molecule has 2 rings (SSSR count). The van der Waals surface area contributed by atoms with Gasteiger partial charge in [0, 0.05) is 32.3 Å². The van der Waals surface area contributed by atoms with Gasteiger partial charge in [0.05, 0.1) is 25.4 Å². The number of hydrogen-bond donors (Lipinski definition) is 1. The van der Waals surface area contributed by atoms with Crippen LogP contribution in [0.4, 0.5) is 0 Å². The molecule has 2 heterocycles. The molecule has 11 heteroatoms. The summed E-state index contributed by atoms with van der Waals surface area (Å²) in [6.45, 7) is 0.0618. The highest BCUT2D eigenvalue weighted by molar-refractivity contribution is 7.49. The Morgan fingerprint density at radius 2 is 1.83 bits per heavy atom. The molecule has 7 atom stereocenters. The first-order valence-electron chi connectivity index (χ1n) is 7.42. The fourth-order valence-corrected chi connectivity index (χ4v) is 3.88. The van der Waals surface area contributed by atoms with Crippen molar-refractivity contribution in [2.45, 2.75) is 49.2 Å². The summed E-state index contributed by atoms with van der Waals surface area (Å²) in [5.74, 6) is 0. The van der Waals surface area contributed by atoms with Crippen LogP contribution in [0.1, 0.15) is 12.8 Å². The van der Waals surface area contributed by atoms with E-state index in [0.29, 0.717) is 12.8 Å². The maximum atomic E-state index is 12.1. The van der Waals surface area contributed by atoms with Gasteiger partial charge in [0.25, 0.3) is 0 Å². The minimum Gasteiger partial charge on any atom is -0.766 e. The van der Waals surface area contributed by atoms with Crippen molar-refractivity contribution in [2.75, 3.05) is 27.4 Å². The van der Waals surface area contributed by atoms with Gasteiger partial charge in [0.2, 0.25) is 7.75 Å². The van der Waals surface area contributed by atoms with E-state index >= 15 is 0 Å². The highest BCUT2D eigenvalue weighted by atomic mass is 31.2. The third-order valence-electron chi connectivity index (χ3n) is 3.88. The maximum absolute atomic E-state index is 12.1. The zero-order valence-corrected chi connectivity index (χ0v) is 14.1. The lowest BCUT2D eigenvalue weighted by atomic mass is 9.95. The van der Waals surface area contributed by atoms with Crippen molar-refractivity contribution < 1.29 is 32.9 Å². The molecular weight excluding hydrogens is 323 g/mol. The number of ether oxygens (including phenoxy) is 4. The van der Waals surface area contributed by atoms with E-state index in [0.717, 1.165) is 0 Å². The molecular formula is C12H21B2NO7P-. The topological polar surface area (TPSA) is 98.3 Å². The van der Waals surface area contributed by atoms with Gasteiger partial charge in [-0.25, -0.2) is 0 Å². The predicted octanol–water partition coefficient (Wildman–Crippen LogP) is -1.34. The molecule has 2 aliphatic heterocycles. The third-order valence-corrected chi connectivity index (χ3v) is 5.02. The Labute approximate surface area is 138 Å². The lowest BCUT2D eigenvalue weighted by molar-refractivity contribution is -0.206. The summed E-state index contributed by atoms with van der Waals surface area (Å²) in [7, 11) is 10.1. The van der Waals surface area contributed by atoms with Crippen LogP contribution in [-0.4, -0.2) is 79.5 Å². The second-order valence-corrected chi connectivity index (χ2v) is 7.17. The largest absolute Gasteiger partial charge is 0.766 e. The highest BCUT2D eigenvalue weighted by Gasteiger charge is 2.36. The monoisotopic (exact) mass is 344 g/mol. The molecule has 0 aromatic heterocycles. The second-order valence-electron chi connectivity index (χ2n) is 5.66. The zero-order chi connectivity index (χ0) is 17.0. The van der Waals surface area contributed by atoms with E-state index in [9.17, 15) is 9.46 Å². The van der Waals surface area contributed by atoms with Gasteiger partial charge in [0.15, 0.2) is 0 Å². The summed E-state index contributed by atoms with van der Waals surface area (Å²) in [4.78, 5) is 12.1. The van der Waals surface area contributed by atoms with E-state index in [1.54, 1.807) is 0 Å². The average Bonchev–Trinajstić information content (AvgIpc) is 2.99. The summed E-state index contributed by atoms with van der Waals surface area (Å²) in [6.07, 6.45) is -0.452. The van der Waals surface area contributed by atoms with E-state index < -0.39 is 38.0 Å². The maximum Gasteiger partial charge on any atom is 0.204 e. The lowest BCUT2D eigenvalue weighted by Crippen LogP contribution is -2.40. The summed E-state index contributed by atoms with van der Waals surface area (Å²) >= 11 is 0. The van der Waals surface area contributed by atoms with Crippen molar-refractivity contribution in [3.8, 4) is 0 Å². The molecule has 2 fully saturated rings. The van der Waals surface area contributed by atoms with Gasteiger partial charge in [-0.15, -0.1) is 0 Å². The number of nitrogens with one attached hydrogen (secondary N) is 1. The number of rotatable bonds is 8. The molecule has 0 aromatic rings. The fraction of sp³-hybridized carbons (Fsp3) is 1.00. The minimum atomic E-state index is -4.31. The smallest absolute Gasteiger partial charge is 0.204 e. The molecule has 0 spiro atoms. The first-order valence-corrected chi connectivity index (χ1v) is 8.96. The Bertz CT molecular complexity index is 432. The van der Waals surface area contributed by atoms with Crippen molar-refractivity contribution in [3.63, 3.8) is 0 Å². The van der Waals surface area contributed by atoms with Crippen molar-refractivity contribution >= 4 is 23.4 Å². The predicted molar refractivity (Wildman–Crippen MR) is 81.2 cm³/mol. The van der Waals surface area contributed by atoms with Gasteiger partial charge in [0.1, 0.15) is 21.8 Å². The van der Waals surface area contributed by atoms with Crippen LogP contribution in [0.2, 0.25) is 0 Å². The molecule has 2 saturated heterocycles. The molecule has 2 aliphatic rings. The first-order chi connectivity index (χ1) is 10.8. The SMILES string of the molecule is [B][C@H]1C[C@@H](NP(=O)([O-])OC[C@H]2O[C@@H]([B])C[C@H]2OC)[C@@H](COC)O1. The van der Waals surface area contributed by atoms with Crippen molar-refractivity contribution in [3.05, 3.63) is 0 Å². The van der Waals surface area contributed by atoms with Gasteiger partial charge in [-0.05, 0) is 12.8 Å². The van der Waals surface area contributed by atoms with Crippen LogP contribution in [0.25, 0.3) is 0 Å². The summed E-state index contributed by atoms with van der Waals surface area (Å²) in [5.41, 5.74) is 0. The molecule has 128 valence electrons. The Morgan fingerprint density at radius 3 is 2.48 bits per heavy atom. The molecule has 0 bridgehead atoms. The minimum absolute atomic E-state index is 0.172. The molecule has 8 nitrogen and oxygen atoms in total. The molecule has 0 aliphatic carbocycles. The summed E-state index contributed by atoms with van der Waals surface area (Å²) in [5, 5.41) is 2.45. The molecule has 0 aromatic carbocycles. The van der Waals surface area contributed by atoms with Gasteiger partial charge < -0.3 is 28.4 Å². The van der Waals surface area contributed by atoms with Gasteiger partial charge in [-0.2, -0.15) is 0 Å². The number of methoxy groups -OCH3 is 2. The average molecular weight is 344 g/mol. The van der Waals surface area contributed by atoms with Gasteiger partial charge in [-0.1, -0.05) is 0 Å². The quantitative estimate of drug-likeness (QED) is 0.427. The van der Waals surface area contributed by atoms with E-state index in [2.05, 4.69) is 5.09 Å². The Hall–Kier alpha value is 0.0799. The third kappa shape index (κ3) is 5.54. The summed E-state index contributed by atoms with van der Waals surface area (Å²) in [6, 6.07) is -1.53. The van der Waals surface area contributed by atoms with Crippen LogP contribution in [0.3, 0.4) is 0 Å². The lowest BCUT2D eigenvalue weighted by Gasteiger charge is -2.31. The Kier molecular flexibility index (Phi) is 7.13. The van der Waals surface area contributed by atoms with E-state index in [1.807, 2.05) is 0 Å². The van der Waals surface area contributed by atoms with E-state index in [1.165, 1.54) is 14.2 Å². The van der Waals surface area contributed by atoms with Crippen LogP contribution >= 0.6 is 7.75 Å². The van der Waals surface area contributed by atoms with Crippen molar-refractivity contribution in [2.24, 2.45) is 0 Å². The number of hydrogen-bond acceptors (Lipinski definition) is 7. The van der Waals surface area contributed by atoms with Crippen LogP contribution < -0.4 is 9.98 Å². The van der Waals surface area contributed by atoms with Crippen LogP contribution in [0, 0.1) is 0 Å². The Balaban J connectivity index is 1.85. The zero-order valence-electron chi connectivity index (χ0n) is 13.3. The van der Waals surface area contributed by atoms with Gasteiger partial charge >= 0.3 is 0 Å². The summed E-state index contributed by atoms with van der Waals surface area (Å²) < 4.78 is 38.1. The molecule has 0 saturated carbocycles. The van der Waals surface area contributed by atoms with Gasteiger partial charge in [-0.3, -0.25) is 9.65 Å². The van der Waals surface area contributed by atoms with Crippen LogP contribution in [0.15, 0.2) is 0 Å². The molecule has 4 radical (unpaired) electrons. The Morgan fingerprint density at radius 1 is 1.17 bits per heavy atom. The van der Waals surface area contributed by atoms with E-state index in [-0.39, 0.29) is 19.3 Å². The van der Waals surface area contributed by atoms with Crippen LogP contribution in [-0.2, 0) is 28.0 Å².